The Morgan fingerprint density at radius 2 is 1.02 bits per heavy atom. The van der Waals surface area contributed by atoms with Gasteiger partial charge in [0.1, 0.15) is 0 Å². The molecule has 0 unspecified atom stereocenters. The molecule has 1 heterocycles. The molecule has 0 saturated carbocycles. The van der Waals surface area contributed by atoms with Crippen molar-refractivity contribution < 1.29 is 0 Å². The normalized spacial score (nSPS) is 13.1. The lowest BCUT2D eigenvalue weighted by atomic mass is 9.82. The largest absolute Gasteiger partial charge is 0.228 e. The van der Waals surface area contributed by atoms with Crippen LogP contribution in [0.2, 0.25) is 0 Å². The highest BCUT2D eigenvalue weighted by Crippen LogP contribution is 2.49. The summed E-state index contributed by atoms with van der Waals surface area (Å²) in [6.45, 7) is 4.66. The van der Waals surface area contributed by atoms with E-state index in [1.165, 1.54) is 54.9 Å². The van der Waals surface area contributed by atoms with Crippen molar-refractivity contribution in [3.05, 3.63) is 181 Å². The zero-order valence-corrected chi connectivity index (χ0v) is 28.6. The molecule has 0 aliphatic heterocycles. The van der Waals surface area contributed by atoms with Crippen molar-refractivity contribution in [2.45, 2.75) is 19.3 Å². The van der Waals surface area contributed by atoms with E-state index in [4.69, 9.17) is 9.97 Å². The van der Waals surface area contributed by atoms with Crippen molar-refractivity contribution in [1.82, 2.24) is 9.97 Å². The zero-order chi connectivity index (χ0) is 34.1. The minimum atomic E-state index is -0.0183. The summed E-state index contributed by atoms with van der Waals surface area (Å²) < 4.78 is 0. The molecule has 2 nitrogen and oxygen atoms in total. The van der Waals surface area contributed by atoms with E-state index in [0.717, 1.165) is 44.7 Å². The van der Waals surface area contributed by atoms with Crippen LogP contribution >= 0.6 is 0 Å². The Morgan fingerprint density at radius 3 is 1.88 bits per heavy atom. The van der Waals surface area contributed by atoms with Gasteiger partial charge in [-0.15, -0.1) is 0 Å². The molecule has 0 fully saturated rings. The highest BCUT2D eigenvalue weighted by atomic mass is 14.9. The predicted molar refractivity (Wildman–Crippen MR) is 214 cm³/mol. The molecule has 10 rings (SSSR count). The smallest absolute Gasteiger partial charge is 0.161 e. The summed E-state index contributed by atoms with van der Waals surface area (Å²) >= 11 is 0. The van der Waals surface area contributed by atoms with Crippen LogP contribution in [0.25, 0.3) is 88.5 Å². The second kappa shape index (κ2) is 11.3. The van der Waals surface area contributed by atoms with Gasteiger partial charge in [-0.2, -0.15) is 0 Å². The molecule has 1 aliphatic rings. The molecular weight excluding hydrogens is 617 g/mol. The number of aromatic nitrogens is 2. The van der Waals surface area contributed by atoms with Gasteiger partial charge in [0.05, 0.1) is 11.4 Å². The van der Waals surface area contributed by atoms with Gasteiger partial charge < -0.3 is 0 Å². The summed E-state index contributed by atoms with van der Waals surface area (Å²) in [5, 5.41) is 7.14. The van der Waals surface area contributed by atoms with E-state index in [1.54, 1.807) is 0 Å². The third-order valence-electron chi connectivity index (χ3n) is 10.9. The monoisotopic (exact) mass is 650 g/mol. The van der Waals surface area contributed by atoms with Crippen LogP contribution in [0.5, 0.6) is 0 Å². The first-order chi connectivity index (χ1) is 25.0. The van der Waals surface area contributed by atoms with Crippen LogP contribution in [-0.4, -0.2) is 9.97 Å². The van der Waals surface area contributed by atoms with Crippen LogP contribution in [-0.2, 0) is 5.41 Å². The van der Waals surface area contributed by atoms with Crippen molar-refractivity contribution in [2.24, 2.45) is 0 Å². The second-order valence-electron chi connectivity index (χ2n) is 14.2. The SMILES string of the molecule is CC1(C)c2ccccc2-c2cc(-c3cccc(-c4cc(-c5ccccc5)nc(-c5c6ccccc6cc6c5ccc5ccccc56)n4)c3)ccc21. The van der Waals surface area contributed by atoms with Crippen molar-refractivity contribution in [3.8, 4) is 56.2 Å². The number of hydrogen-bond donors (Lipinski definition) is 0. The number of nitrogens with zero attached hydrogens (tertiary/aromatic N) is 2. The Morgan fingerprint density at radius 1 is 0.373 bits per heavy atom. The van der Waals surface area contributed by atoms with Crippen LogP contribution in [0.4, 0.5) is 0 Å². The Labute approximate surface area is 297 Å². The third kappa shape index (κ3) is 4.71. The Hall–Kier alpha value is -6.38. The Balaban J connectivity index is 1.18. The molecule has 51 heavy (non-hydrogen) atoms. The predicted octanol–water partition coefficient (Wildman–Crippen LogP) is 12.9. The molecule has 2 heteroatoms. The zero-order valence-electron chi connectivity index (χ0n) is 28.6. The molecule has 8 aromatic carbocycles. The van der Waals surface area contributed by atoms with E-state index in [2.05, 4.69) is 184 Å². The van der Waals surface area contributed by atoms with Crippen molar-refractivity contribution in [2.75, 3.05) is 0 Å². The molecule has 1 aliphatic carbocycles. The molecular formula is C49H34N2. The molecule has 9 aromatic rings. The first kappa shape index (κ1) is 29.5. The molecule has 0 N–H and O–H groups in total. The Bertz CT molecular complexity index is 2830. The van der Waals surface area contributed by atoms with Gasteiger partial charge in [-0.05, 0) is 90.0 Å². The topological polar surface area (TPSA) is 25.8 Å². The molecule has 0 amide bonds. The average molecular weight is 651 g/mol. The van der Waals surface area contributed by atoms with E-state index in [-0.39, 0.29) is 5.41 Å². The second-order valence-corrected chi connectivity index (χ2v) is 14.2. The van der Waals surface area contributed by atoms with Gasteiger partial charge >= 0.3 is 0 Å². The van der Waals surface area contributed by atoms with Gasteiger partial charge in [0.2, 0.25) is 0 Å². The van der Waals surface area contributed by atoms with Crippen LogP contribution in [0.1, 0.15) is 25.0 Å². The fourth-order valence-corrected chi connectivity index (χ4v) is 8.28. The fourth-order valence-electron chi connectivity index (χ4n) is 8.28. The molecule has 0 spiro atoms. The number of hydrogen-bond acceptors (Lipinski definition) is 2. The summed E-state index contributed by atoms with van der Waals surface area (Å²) in [5.41, 5.74) is 12.8. The van der Waals surface area contributed by atoms with Gasteiger partial charge in [-0.1, -0.05) is 159 Å². The van der Waals surface area contributed by atoms with E-state index < -0.39 is 0 Å². The quantitative estimate of drug-likeness (QED) is 0.140. The molecule has 0 radical (unpaired) electrons. The lowest BCUT2D eigenvalue weighted by molar-refractivity contribution is 0.660. The minimum absolute atomic E-state index is 0.0183. The van der Waals surface area contributed by atoms with Crippen LogP contribution in [0.3, 0.4) is 0 Å². The first-order valence-corrected chi connectivity index (χ1v) is 17.7. The fraction of sp³-hybridized carbons (Fsp3) is 0.0612. The van der Waals surface area contributed by atoms with E-state index in [9.17, 15) is 0 Å². The van der Waals surface area contributed by atoms with Gasteiger partial charge in [0.15, 0.2) is 5.82 Å². The van der Waals surface area contributed by atoms with Crippen molar-refractivity contribution in [3.63, 3.8) is 0 Å². The van der Waals surface area contributed by atoms with Crippen LogP contribution < -0.4 is 0 Å². The van der Waals surface area contributed by atoms with Gasteiger partial charge in [0.25, 0.3) is 0 Å². The lowest BCUT2D eigenvalue weighted by Crippen LogP contribution is -2.14. The number of rotatable bonds is 4. The summed E-state index contributed by atoms with van der Waals surface area (Å²) in [6.07, 6.45) is 0. The minimum Gasteiger partial charge on any atom is -0.228 e. The summed E-state index contributed by atoms with van der Waals surface area (Å²) in [7, 11) is 0. The average Bonchev–Trinajstić information content (AvgIpc) is 3.42. The third-order valence-corrected chi connectivity index (χ3v) is 10.9. The maximum atomic E-state index is 5.41. The van der Waals surface area contributed by atoms with Crippen molar-refractivity contribution in [1.29, 1.82) is 0 Å². The van der Waals surface area contributed by atoms with Crippen molar-refractivity contribution >= 4 is 32.3 Å². The lowest BCUT2D eigenvalue weighted by Gasteiger charge is -2.21. The highest BCUT2D eigenvalue weighted by Gasteiger charge is 2.35. The van der Waals surface area contributed by atoms with E-state index in [0.29, 0.717) is 0 Å². The molecule has 0 bridgehead atoms. The Kier molecular flexibility index (Phi) is 6.56. The summed E-state index contributed by atoms with van der Waals surface area (Å²) in [4.78, 5) is 10.7. The standard InChI is InChI=1S/C49H34N2/c1-49(2)43-22-11-10-21-39(43)42-28-34(24-26-44(42)49)33-17-12-18-36(27-33)46-30-45(32-14-4-3-5-15-32)50-48(51-46)47-38-20-9-7-16-35(38)29-41-37-19-8-6-13-31(37)23-25-40(41)47/h3-30H,1-2H3. The number of fused-ring (bicyclic) bond motifs is 7. The molecule has 1 aromatic heterocycles. The first-order valence-electron chi connectivity index (χ1n) is 17.7. The van der Waals surface area contributed by atoms with Gasteiger partial charge in [0, 0.05) is 22.1 Å². The van der Waals surface area contributed by atoms with Gasteiger partial charge in [-0.3, -0.25) is 0 Å². The maximum Gasteiger partial charge on any atom is 0.161 e. The van der Waals surface area contributed by atoms with Gasteiger partial charge in [-0.25, -0.2) is 9.97 Å². The number of benzene rings is 8. The molecule has 0 saturated heterocycles. The van der Waals surface area contributed by atoms with Crippen LogP contribution in [0.15, 0.2) is 170 Å². The molecule has 240 valence electrons. The summed E-state index contributed by atoms with van der Waals surface area (Å²) in [5.74, 6) is 0.727. The van der Waals surface area contributed by atoms with E-state index >= 15 is 0 Å². The maximum absolute atomic E-state index is 5.41. The van der Waals surface area contributed by atoms with E-state index in [1.807, 2.05) is 0 Å². The highest BCUT2D eigenvalue weighted by molar-refractivity contribution is 6.19. The summed E-state index contributed by atoms with van der Waals surface area (Å²) in [6, 6.07) is 61.2. The van der Waals surface area contributed by atoms with Crippen LogP contribution in [0, 0.1) is 0 Å². The molecule has 0 atom stereocenters.